The SMILES string of the molecule is COC(=O)CSc1nnc(COc2cccc3cccnc23)o1. The Morgan fingerprint density at radius 1 is 1.26 bits per heavy atom. The summed E-state index contributed by atoms with van der Waals surface area (Å²) in [5.41, 5.74) is 0.773. The van der Waals surface area contributed by atoms with Gasteiger partial charge in [-0.05, 0) is 12.1 Å². The number of thioether (sulfide) groups is 1. The molecule has 0 aliphatic rings. The Kier molecular flexibility index (Phi) is 4.72. The molecule has 0 bridgehead atoms. The molecule has 0 aliphatic carbocycles. The van der Waals surface area contributed by atoms with Crippen LogP contribution in [0.15, 0.2) is 46.2 Å². The molecule has 0 saturated carbocycles. The van der Waals surface area contributed by atoms with Gasteiger partial charge in [0.25, 0.3) is 11.1 Å². The maximum absolute atomic E-state index is 11.1. The molecule has 118 valence electrons. The first kappa shape index (κ1) is 15.3. The van der Waals surface area contributed by atoms with Crippen LogP contribution < -0.4 is 4.74 Å². The number of hydrogen-bond donors (Lipinski definition) is 0. The third kappa shape index (κ3) is 3.78. The highest BCUT2D eigenvalue weighted by molar-refractivity contribution is 7.99. The zero-order valence-electron chi connectivity index (χ0n) is 12.3. The molecule has 0 radical (unpaired) electrons. The van der Waals surface area contributed by atoms with Crippen molar-refractivity contribution in [2.75, 3.05) is 12.9 Å². The van der Waals surface area contributed by atoms with Gasteiger partial charge in [-0.2, -0.15) is 0 Å². The molecule has 0 amide bonds. The molecule has 8 heteroatoms. The second-order valence-corrected chi connectivity index (χ2v) is 5.37. The highest BCUT2D eigenvalue weighted by Gasteiger charge is 2.11. The lowest BCUT2D eigenvalue weighted by Gasteiger charge is -2.06. The molecule has 2 heterocycles. The summed E-state index contributed by atoms with van der Waals surface area (Å²) in [6.07, 6.45) is 1.71. The highest BCUT2D eigenvalue weighted by atomic mass is 32.2. The van der Waals surface area contributed by atoms with E-state index in [4.69, 9.17) is 9.15 Å². The van der Waals surface area contributed by atoms with Crippen molar-refractivity contribution in [1.82, 2.24) is 15.2 Å². The molecule has 0 atom stereocenters. The van der Waals surface area contributed by atoms with E-state index in [1.807, 2.05) is 30.3 Å². The lowest BCUT2D eigenvalue weighted by atomic mass is 10.2. The number of esters is 1. The molecule has 2 aromatic heterocycles. The Bertz CT molecular complexity index is 816. The van der Waals surface area contributed by atoms with E-state index in [9.17, 15) is 4.79 Å². The zero-order valence-corrected chi connectivity index (χ0v) is 13.1. The molecule has 0 unspecified atom stereocenters. The lowest BCUT2D eigenvalue weighted by Crippen LogP contribution is -2.02. The first-order valence-corrected chi connectivity index (χ1v) is 7.73. The van der Waals surface area contributed by atoms with E-state index in [0.29, 0.717) is 16.9 Å². The van der Waals surface area contributed by atoms with E-state index in [2.05, 4.69) is 19.9 Å². The van der Waals surface area contributed by atoms with Gasteiger partial charge >= 0.3 is 5.97 Å². The second kappa shape index (κ2) is 7.10. The van der Waals surface area contributed by atoms with Gasteiger partial charge in [0.2, 0.25) is 0 Å². The number of para-hydroxylation sites is 1. The van der Waals surface area contributed by atoms with Gasteiger partial charge in [0.05, 0.1) is 7.11 Å². The average molecular weight is 331 g/mol. The number of nitrogens with zero attached hydrogens (tertiary/aromatic N) is 3. The summed E-state index contributed by atoms with van der Waals surface area (Å²) in [5, 5.41) is 9.01. The summed E-state index contributed by atoms with van der Waals surface area (Å²) in [6, 6.07) is 9.52. The fraction of sp³-hybridized carbons (Fsp3) is 0.200. The number of hydrogen-bond acceptors (Lipinski definition) is 8. The molecule has 0 fully saturated rings. The van der Waals surface area contributed by atoms with Crippen LogP contribution in [0.1, 0.15) is 5.89 Å². The van der Waals surface area contributed by atoms with E-state index in [1.165, 1.54) is 7.11 Å². The van der Waals surface area contributed by atoms with E-state index in [1.54, 1.807) is 6.20 Å². The predicted octanol–water partition coefficient (Wildman–Crippen LogP) is 2.46. The van der Waals surface area contributed by atoms with Crippen molar-refractivity contribution < 1.29 is 18.7 Å². The minimum atomic E-state index is -0.354. The Hall–Kier alpha value is -2.61. The first-order valence-electron chi connectivity index (χ1n) is 6.75. The summed E-state index contributed by atoms with van der Waals surface area (Å²) in [5.74, 6) is 0.731. The van der Waals surface area contributed by atoms with Gasteiger partial charge in [-0.15, -0.1) is 10.2 Å². The van der Waals surface area contributed by atoms with E-state index < -0.39 is 0 Å². The van der Waals surface area contributed by atoms with Crippen molar-refractivity contribution in [3.05, 3.63) is 42.4 Å². The quantitative estimate of drug-likeness (QED) is 0.503. The van der Waals surface area contributed by atoms with Gasteiger partial charge in [0.1, 0.15) is 17.0 Å². The van der Waals surface area contributed by atoms with Crippen LogP contribution in [0.25, 0.3) is 10.9 Å². The smallest absolute Gasteiger partial charge is 0.316 e. The molecule has 23 heavy (non-hydrogen) atoms. The van der Waals surface area contributed by atoms with Crippen LogP contribution in [0.5, 0.6) is 5.75 Å². The van der Waals surface area contributed by atoms with Gasteiger partial charge in [-0.1, -0.05) is 30.0 Å². The van der Waals surface area contributed by atoms with Gasteiger partial charge in [-0.25, -0.2) is 0 Å². The third-order valence-corrected chi connectivity index (χ3v) is 3.73. The highest BCUT2D eigenvalue weighted by Crippen LogP contribution is 2.24. The van der Waals surface area contributed by atoms with Crippen molar-refractivity contribution in [3.63, 3.8) is 0 Å². The van der Waals surface area contributed by atoms with Gasteiger partial charge in [0.15, 0.2) is 6.61 Å². The molecule has 3 rings (SSSR count). The summed E-state index contributed by atoms with van der Waals surface area (Å²) in [4.78, 5) is 15.4. The normalized spacial score (nSPS) is 10.7. The second-order valence-electron chi connectivity index (χ2n) is 4.45. The maximum atomic E-state index is 11.1. The zero-order chi connectivity index (χ0) is 16.1. The Balaban J connectivity index is 1.64. The van der Waals surface area contributed by atoms with E-state index >= 15 is 0 Å². The fourth-order valence-electron chi connectivity index (χ4n) is 1.87. The van der Waals surface area contributed by atoms with Crippen LogP contribution in [0, 0.1) is 0 Å². The van der Waals surface area contributed by atoms with Crippen molar-refractivity contribution >= 4 is 28.6 Å². The Morgan fingerprint density at radius 3 is 3.00 bits per heavy atom. The van der Waals surface area contributed by atoms with Crippen molar-refractivity contribution in [2.45, 2.75) is 11.8 Å². The van der Waals surface area contributed by atoms with Crippen LogP contribution in [0.3, 0.4) is 0 Å². The van der Waals surface area contributed by atoms with Crippen LogP contribution in [-0.4, -0.2) is 34.0 Å². The molecular weight excluding hydrogens is 318 g/mol. The molecule has 0 N–H and O–H groups in total. The summed E-state index contributed by atoms with van der Waals surface area (Å²) in [6.45, 7) is 0.126. The van der Waals surface area contributed by atoms with Crippen LogP contribution in [0.4, 0.5) is 0 Å². The molecule has 0 aliphatic heterocycles. The molecule has 3 aromatic rings. The molecular formula is C15H13N3O4S. The maximum Gasteiger partial charge on any atom is 0.316 e. The number of methoxy groups -OCH3 is 1. The number of benzene rings is 1. The number of aromatic nitrogens is 3. The summed E-state index contributed by atoms with van der Waals surface area (Å²) < 4.78 is 15.6. The van der Waals surface area contributed by atoms with E-state index in [0.717, 1.165) is 22.7 Å². The molecule has 0 spiro atoms. The van der Waals surface area contributed by atoms with Gasteiger partial charge in [0, 0.05) is 11.6 Å². The summed E-state index contributed by atoms with van der Waals surface area (Å²) >= 11 is 1.12. The van der Waals surface area contributed by atoms with Crippen LogP contribution in [-0.2, 0) is 16.1 Å². The average Bonchev–Trinajstić information content (AvgIpc) is 3.05. The van der Waals surface area contributed by atoms with Crippen molar-refractivity contribution in [1.29, 1.82) is 0 Å². The largest absolute Gasteiger partial charge is 0.482 e. The topological polar surface area (TPSA) is 87.3 Å². The number of pyridine rings is 1. The molecule has 1 aromatic carbocycles. The number of fused-ring (bicyclic) bond motifs is 1. The van der Waals surface area contributed by atoms with Crippen molar-refractivity contribution in [2.24, 2.45) is 0 Å². The Morgan fingerprint density at radius 2 is 2.13 bits per heavy atom. The van der Waals surface area contributed by atoms with Gasteiger partial charge < -0.3 is 13.9 Å². The van der Waals surface area contributed by atoms with Crippen LogP contribution in [0.2, 0.25) is 0 Å². The third-order valence-electron chi connectivity index (χ3n) is 2.94. The van der Waals surface area contributed by atoms with Crippen LogP contribution >= 0.6 is 11.8 Å². The minimum absolute atomic E-state index is 0.117. The number of rotatable bonds is 6. The number of carbonyl (C=O) groups is 1. The number of carbonyl (C=O) groups excluding carboxylic acids is 1. The standard InChI is InChI=1S/C15H13N3O4S/c1-20-13(19)9-23-15-18-17-12(22-15)8-21-11-6-2-4-10-5-3-7-16-14(10)11/h2-7H,8-9H2,1H3. The van der Waals surface area contributed by atoms with E-state index in [-0.39, 0.29) is 18.3 Å². The predicted molar refractivity (Wildman–Crippen MR) is 83.1 cm³/mol. The summed E-state index contributed by atoms with van der Waals surface area (Å²) in [7, 11) is 1.33. The first-order chi connectivity index (χ1) is 11.3. The minimum Gasteiger partial charge on any atom is -0.482 e. The fourth-order valence-corrected chi connectivity index (χ4v) is 2.48. The van der Waals surface area contributed by atoms with Crippen molar-refractivity contribution in [3.8, 4) is 5.75 Å². The lowest BCUT2D eigenvalue weighted by molar-refractivity contribution is -0.137. The monoisotopic (exact) mass is 331 g/mol. The van der Waals surface area contributed by atoms with Gasteiger partial charge in [-0.3, -0.25) is 9.78 Å². The number of ether oxygens (including phenoxy) is 2. The molecule has 7 nitrogen and oxygen atoms in total. The Labute approximate surface area is 136 Å². The molecule has 0 saturated heterocycles.